The number of benzene rings is 7. The summed E-state index contributed by atoms with van der Waals surface area (Å²) in [5, 5.41) is 191. The Balaban J connectivity index is 1.45. The maximum absolute atomic E-state index is 12.3. The van der Waals surface area contributed by atoms with Crippen molar-refractivity contribution in [1.29, 1.82) is 0 Å². The Kier molecular flexibility index (Phi) is 9.73. The van der Waals surface area contributed by atoms with Gasteiger partial charge < -0.3 is 91.4 Å². The van der Waals surface area contributed by atoms with E-state index in [1.54, 1.807) is 24.3 Å². The SMILES string of the molecule is Cc1c(-c2c(/C(O)=C/O)n(-c3c(O)cc(O)c(-c4c(O)cc(O)c(-c5ccc(O)cc5)c4O)c3O)c3c(O)c(O)c(O)c(O)c23)c2c(O)c(O)c(O)c(O)c2n1-c1ccc(-c2ccccc2)cc1. The second-order valence-corrected chi connectivity index (χ2v) is 15.6. The number of nitrogens with zero attached hydrogens (tertiary/aromatic N) is 2. The third-order valence-electron chi connectivity index (χ3n) is 11.8. The lowest BCUT2D eigenvalue weighted by atomic mass is 9.93. The van der Waals surface area contributed by atoms with E-state index in [0.29, 0.717) is 10.6 Å². The Labute approximate surface area is 380 Å². The molecule has 9 rings (SSSR count). The van der Waals surface area contributed by atoms with Gasteiger partial charge in [0.15, 0.2) is 34.5 Å². The number of aromatic hydroxyl groups is 15. The molecule has 0 spiro atoms. The summed E-state index contributed by atoms with van der Waals surface area (Å²) in [4.78, 5) is 0. The van der Waals surface area contributed by atoms with Crippen LogP contribution in [0.4, 0.5) is 0 Å². The van der Waals surface area contributed by atoms with Gasteiger partial charge in [0, 0.05) is 34.6 Å². The molecule has 0 radical (unpaired) electrons. The maximum Gasteiger partial charge on any atom is 0.206 e. The van der Waals surface area contributed by atoms with Gasteiger partial charge in [0.2, 0.25) is 23.0 Å². The van der Waals surface area contributed by atoms with Crippen LogP contribution < -0.4 is 0 Å². The molecule has 344 valence electrons. The van der Waals surface area contributed by atoms with Gasteiger partial charge in [0.1, 0.15) is 63.2 Å². The minimum atomic E-state index is -1.43. The molecule has 0 saturated carbocycles. The monoisotopic (exact) mass is 924 g/mol. The molecule has 2 aromatic heterocycles. The van der Waals surface area contributed by atoms with Crippen LogP contribution in [0, 0.1) is 6.92 Å². The van der Waals surface area contributed by atoms with Gasteiger partial charge in [-0.2, -0.15) is 0 Å². The van der Waals surface area contributed by atoms with Gasteiger partial charge in [-0.15, -0.1) is 0 Å². The van der Waals surface area contributed by atoms with Crippen molar-refractivity contribution in [3.8, 4) is 142 Å². The highest BCUT2D eigenvalue weighted by atomic mass is 16.4. The van der Waals surface area contributed by atoms with Crippen LogP contribution in [-0.4, -0.2) is 95.9 Å². The number of hydrogen-bond donors (Lipinski definition) is 17. The Hall–Kier alpha value is -10.0. The second-order valence-electron chi connectivity index (χ2n) is 15.6. The minimum absolute atomic E-state index is 0.0457. The Bertz CT molecular complexity index is 3630. The van der Waals surface area contributed by atoms with Crippen LogP contribution in [0.2, 0.25) is 0 Å². The van der Waals surface area contributed by atoms with Crippen LogP contribution in [0.1, 0.15) is 11.4 Å². The smallest absolute Gasteiger partial charge is 0.206 e. The maximum atomic E-state index is 12.3. The molecule has 2 heterocycles. The van der Waals surface area contributed by atoms with Gasteiger partial charge in [-0.25, -0.2) is 0 Å². The number of rotatable bonds is 7. The van der Waals surface area contributed by atoms with Crippen LogP contribution >= 0.6 is 0 Å². The van der Waals surface area contributed by atoms with Crippen LogP contribution in [-0.2, 0) is 0 Å². The molecule has 17 N–H and O–H groups in total. The standard InChI is InChI=1S/C49H36N2O17/c1-18-29(34-38(44(63)48(67)46(65)42(34)61)50(18)22-11-7-20(8-12-22)19-5-3-2-4-6-19)33-35-39(45(64)49(68)47(66)43(35)62)51(36(33)28(58)17-52)37-27(57)16-26(56)32(41(37)60)31-25(55)15-24(54)30(40(31)59)21-9-13-23(53)14-10-21/h2-17,52-68H,1H3/b28-17-. The number of hydrogen-bond acceptors (Lipinski definition) is 17. The van der Waals surface area contributed by atoms with E-state index in [2.05, 4.69) is 0 Å². The van der Waals surface area contributed by atoms with E-state index in [9.17, 15) is 86.8 Å². The van der Waals surface area contributed by atoms with E-state index < -0.39 is 147 Å². The Morgan fingerprint density at radius 3 is 1.43 bits per heavy atom. The second kappa shape index (κ2) is 15.3. The molecular formula is C49H36N2O17. The highest BCUT2D eigenvalue weighted by molar-refractivity contribution is 6.18. The van der Waals surface area contributed by atoms with Crippen molar-refractivity contribution in [2.45, 2.75) is 6.92 Å². The van der Waals surface area contributed by atoms with E-state index in [1.165, 1.54) is 35.8 Å². The van der Waals surface area contributed by atoms with E-state index in [1.807, 2.05) is 30.3 Å². The van der Waals surface area contributed by atoms with Crippen molar-refractivity contribution in [2.75, 3.05) is 0 Å². The van der Waals surface area contributed by atoms with E-state index in [4.69, 9.17) is 0 Å². The fourth-order valence-electron chi connectivity index (χ4n) is 8.81. The fraction of sp³-hybridized carbons (Fsp3) is 0.0204. The number of phenols is 15. The molecule has 0 aliphatic rings. The third-order valence-corrected chi connectivity index (χ3v) is 11.8. The topological polar surface area (TPSA) is 354 Å². The lowest BCUT2D eigenvalue weighted by Gasteiger charge is -2.20. The van der Waals surface area contributed by atoms with Crippen molar-refractivity contribution < 1.29 is 86.8 Å². The first kappa shape index (κ1) is 43.2. The van der Waals surface area contributed by atoms with Gasteiger partial charge in [-0.3, -0.25) is 4.57 Å². The normalized spacial score (nSPS) is 11.8. The summed E-state index contributed by atoms with van der Waals surface area (Å²) < 4.78 is 1.78. The Morgan fingerprint density at radius 1 is 0.412 bits per heavy atom. The fourth-order valence-corrected chi connectivity index (χ4v) is 8.81. The summed E-state index contributed by atoms with van der Waals surface area (Å²) in [6, 6.07) is 21.9. The van der Waals surface area contributed by atoms with Crippen LogP contribution in [0.15, 0.2) is 97.3 Å². The average molecular weight is 925 g/mol. The largest absolute Gasteiger partial charge is 0.512 e. The highest BCUT2D eigenvalue weighted by Gasteiger charge is 2.39. The zero-order valence-electron chi connectivity index (χ0n) is 34.7. The molecule has 0 saturated heterocycles. The zero-order chi connectivity index (χ0) is 48.9. The quantitative estimate of drug-likeness (QED) is 0.0404. The van der Waals surface area contributed by atoms with Gasteiger partial charge in [0.25, 0.3) is 0 Å². The van der Waals surface area contributed by atoms with Crippen molar-refractivity contribution in [3.63, 3.8) is 0 Å². The van der Waals surface area contributed by atoms with Gasteiger partial charge in [-0.05, 0) is 47.9 Å². The van der Waals surface area contributed by atoms with E-state index in [0.717, 1.165) is 17.2 Å². The predicted molar refractivity (Wildman–Crippen MR) is 245 cm³/mol. The number of aromatic nitrogens is 2. The van der Waals surface area contributed by atoms with Gasteiger partial charge in [0.05, 0.1) is 27.5 Å². The molecule has 0 amide bonds. The summed E-state index contributed by atoms with van der Waals surface area (Å²) in [6.07, 6.45) is 0.0659. The summed E-state index contributed by atoms with van der Waals surface area (Å²) in [5.41, 5.74) is -4.73. The van der Waals surface area contributed by atoms with Crippen LogP contribution in [0.25, 0.3) is 83.4 Å². The van der Waals surface area contributed by atoms with Crippen LogP contribution in [0.3, 0.4) is 0 Å². The summed E-state index contributed by atoms with van der Waals surface area (Å²) in [5.74, 6) is -17.7. The number of fused-ring (bicyclic) bond motifs is 2. The molecule has 0 aliphatic carbocycles. The first-order valence-corrected chi connectivity index (χ1v) is 19.9. The number of aliphatic hydroxyl groups is 2. The number of aliphatic hydroxyl groups excluding tert-OH is 2. The Morgan fingerprint density at radius 2 is 0.868 bits per heavy atom. The third kappa shape index (κ3) is 5.99. The molecule has 0 unspecified atom stereocenters. The molecule has 9 aromatic rings. The predicted octanol–water partition coefficient (Wildman–Crippen LogP) is 8.55. The van der Waals surface area contributed by atoms with Crippen molar-refractivity contribution in [3.05, 3.63) is 109 Å². The minimum Gasteiger partial charge on any atom is -0.512 e. The molecule has 19 nitrogen and oxygen atoms in total. The van der Waals surface area contributed by atoms with Crippen molar-refractivity contribution >= 4 is 27.6 Å². The lowest BCUT2D eigenvalue weighted by Crippen LogP contribution is -2.04. The summed E-state index contributed by atoms with van der Waals surface area (Å²) in [6.45, 7) is 1.37. The molecular weight excluding hydrogens is 889 g/mol. The van der Waals surface area contributed by atoms with E-state index >= 15 is 0 Å². The molecule has 19 heteroatoms. The van der Waals surface area contributed by atoms with E-state index in [-0.39, 0.29) is 29.0 Å². The zero-order valence-corrected chi connectivity index (χ0v) is 34.7. The molecule has 0 fully saturated rings. The first-order chi connectivity index (χ1) is 32.3. The first-order valence-electron chi connectivity index (χ1n) is 19.9. The summed E-state index contributed by atoms with van der Waals surface area (Å²) >= 11 is 0. The molecule has 68 heavy (non-hydrogen) atoms. The molecule has 7 aromatic carbocycles. The highest BCUT2D eigenvalue weighted by Crippen LogP contribution is 2.62. The van der Waals surface area contributed by atoms with Crippen LogP contribution in [0.5, 0.6) is 86.2 Å². The van der Waals surface area contributed by atoms with Gasteiger partial charge >= 0.3 is 0 Å². The van der Waals surface area contributed by atoms with Crippen molar-refractivity contribution in [2.24, 2.45) is 0 Å². The summed E-state index contributed by atoms with van der Waals surface area (Å²) in [7, 11) is 0. The molecule has 0 bridgehead atoms. The molecule has 0 atom stereocenters. The number of phenolic OH excluding ortho intramolecular Hbond substituents is 15. The molecule has 0 aliphatic heterocycles. The van der Waals surface area contributed by atoms with Gasteiger partial charge in [-0.1, -0.05) is 54.6 Å². The van der Waals surface area contributed by atoms with Crippen molar-refractivity contribution in [1.82, 2.24) is 9.13 Å². The lowest BCUT2D eigenvalue weighted by molar-refractivity contribution is 0.350. The average Bonchev–Trinajstić information content (AvgIpc) is 3.82.